The van der Waals surface area contributed by atoms with Crippen LogP contribution in [0.1, 0.15) is 31.4 Å². The zero-order valence-corrected chi connectivity index (χ0v) is 26.3. The molecular weight excluding hydrogens is 545 g/mol. The minimum Gasteiger partial charge on any atom is -0.369 e. The molecule has 220 valence electrons. The van der Waals surface area contributed by atoms with E-state index in [1.807, 2.05) is 23.5 Å². The SMILES string of the molecule is Cc1cc(SCCCCN2CCN(c3ccccc3)CC2)nc(SCCCCN2CCN(c3ccccc3)CC2)n1. The quantitative estimate of drug-likeness (QED) is 0.0955. The Morgan fingerprint density at radius 1 is 0.585 bits per heavy atom. The number of aromatic nitrogens is 2. The van der Waals surface area contributed by atoms with Gasteiger partial charge in [-0.15, -0.1) is 11.8 Å². The lowest BCUT2D eigenvalue weighted by molar-refractivity contribution is 0.254. The molecule has 0 N–H and O–H groups in total. The fourth-order valence-corrected chi connectivity index (χ4v) is 7.53. The van der Waals surface area contributed by atoms with Gasteiger partial charge in [0.15, 0.2) is 5.16 Å². The maximum atomic E-state index is 4.87. The van der Waals surface area contributed by atoms with Crippen molar-refractivity contribution in [2.45, 2.75) is 42.8 Å². The summed E-state index contributed by atoms with van der Waals surface area (Å²) in [5, 5.41) is 2.08. The van der Waals surface area contributed by atoms with Crippen LogP contribution in [-0.4, -0.2) is 96.7 Å². The van der Waals surface area contributed by atoms with Crippen LogP contribution in [0.4, 0.5) is 11.4 Å². The minimum atomic E-state index is 0.945. The molecule has 0 spiro atoms. The second-order valence-corrected chi connectivity index (χ2v) is 13.2. The van der Waals surface area contributed by atoms with E-state index in [2.05, 4.69) is 93.3 Å². The number of anilines is 2. The second kappa shape index (κ2) is 16.4. The molecule has 1 aromatic heterocycles. The van der Waals surface area contributed by atoms with E-state index in [0.717, 1.165) is 66.7 Å². The summed E-state index contributed by atoms with van der Waals surface area (Å²) in [5.41, 5.74) is 3.79. The number of aryl methyl sites for hydroxylation is 1. The van der Waals surface area contributed by atoms with Crippen molar-refractivity contribution < 1.29 is 0 Å². The third kappa shape index (κ3) is 9.91. The number of para-hydroxylation sites is 2. The maximum Gasteiger partial charge on any atom is 0.188 e. The molecule has 0 unspecified atom stereocenters. The fourth-order valence-electron chi connectivity index (χ4n) is 5.60. The molecule has 5 rings (SSSR count). The van der Waals surface area contributed by atoms with Crippen LogP contribution in [0.5, 0.6) is 0 Å². The van der Waals surface area contributed by atoms with Crippen LogP contribution in [0.25, 0.3) is 0 Å². The van der Waals surface area contributed by atoms with Gasteiger partial charge in [0.2, 0.25) is 0 Å². The van der Waals surface area contributed by atoms with Crippen molar-refractivity contribution >= 4 is 34.9 Å². The first-order valence-corrected chi connectivity index (χ1v) is 17.4. The summed E-state index contributed by atoms with van der Waals surface area (Å²) in [6, 6.07) is 23.8. The van der Waals surface area contributed by atoms with Gasteiger partial charge < -0.3 is 9.80 Å². The Balaban J connectivity index is 0.916. The Hall–Kier alpha value is -2.26. The highest BCUT2D eigenvalue weighted by Crippen LogP contribution is 2.23. The molecule has 2 aliphatic rings. The predicted octanol–water partition coefficient (Wildman–Crippen LogP) is 6.17. The van der Waals surface area contributed by atoms with Gasteiger partial charge in [0.05, 0.1) is 0 Å². The van der Waals surface area contributed by atoms with Crippen LogP contribution in [0.15, 0.2) is 76.9 Å². The molecule has 0 amide bonds. The highest BCUT2D eigenvalue weighted by Gasteiger charge is 2.17. The van der Waals surface area contributed by atoms with E-state index in [9.17, 15) is 0 Å². The zero-order chi connectivity index (χ0) is 28.1. The first-order chi connectivity index (χ1) is 20.2. The summed E-state index contributed by atoms with van der Waals surface area (Å²) in [6.45, 7) is 13.7. The first-order valence-electron chi connectivity index (χ1n) is 15.4. The van der Waals surface area contributed by atoms with E-state index in [1.165, 1.54) is 63.2 Å². The number of unbranched alkanes of at least 4 members (excludes halogenated alkanes) is 2. The molecule has 2 aliphatic heterocycles. The van der Waals surface area contributed by atoms with Gasteiger partial charge >= 0.3 is 0 Å². The Kier molecular flexibility index (Phi) is 12.1. The van der Waals surface area contributed by atoms with Crippen molar-refractivity contribution in [3.05, 3.63) is 72.4 Å². The Morgan fingerprint density at radius 2 is 1.07 bits per heavy atom. The topological polar surface area (TPSA) is 38.7 Å². The van der Waals surface area contributed by atoms with Crippen LogP contribution in [0.2, 0.25) is 0 Å². The van der Waals surface area contributed by atoms with Crippen LogP contribution >= 0.6 is 23.5 Å². The molecule has 41 heavy (non-hydrogen) atoms. The molecule has 3 heterocycles. The number of benzene rings is 2. The summed E-state index contributed by atoms with van der Waals surface area (Å²) in [4.78, 5) is 19.8. The van der Waals surface area contributed by atoms with Gasteiger partial charge in [-0.1, -0.05) is 48.2 Å². The minimum absolute atomic E-state index is 0.945. The summed E-state index contributed by atoms with van der Waals surface area (Å²) >= 11 is 3.71. The van der Waals surface area contributed by atoms with Gasteiger partial charge in [-0.25, -0.2) is 9.97 Å². The van der Waals surface area contributed by atoms with E-state index in [4.69, 9.17) is 9.97 Å². The molecule has 0 bridgehead atoms. The van der Waals surface area contributed by atoms with Crippen molar-refractivity contribution in [3.8, 4) is 0 Å². The van der Waals surface area contributed by atoms with Gasteiger partial charge in [-0.05, 0) is 81.8 Å². The average Bonchev–Trinajstić information content (AvgIpc) is 3.02. The lowest BCUT2D eigenvalue weighted by Crippen LogP contribution is -2.46. The molecule has 2 aromatic carbocycles. The number of hydrogen-bond donors (Lipinski definition) is 0. The molecule has 2 saturated heterocycles. The van der Waals surface area contributed by atoms with Gasteiger partial charge in [0.25, 0.3) is 0 Å². The molecular formula is C33H46N6S2. The number of piperazine rings is 2. The van der Waals surface area contributed by atoms with E-state index in [0.29, 0.717) is 0 Å². The van der Waals surface area contributed by atoms with Crippen molar-refractivity contribution in [2.24, 2.45) is 0 Å². The molecule has 3 aromatic rings. The largest absolute Gasteiger partial charge is 0.369 e. The molecule has 0 saturated carbocycles. The third-order valence-electron chi connectivity index (χ3n) is 8.02. The smallest absolute Gasteiger partial charge is 0.188 e. The number of hydrogen-bond acceptors (Lipinski definition) is 8. The highest BCUT2D eigenvalue weighted by molar-refractivity contribution is 7.99. The standard InChI is InChI=1S/C33H46N6S2/c1-29-28-32(40-26-10-8-16-36-18-22-38(23-19-36)30-12-4-2-5-13-30)35-33(34-29)41-27-11-9-17-37-20-24-39(25-21-37)31-14-6-3-7-15-31/h2-7,12-15,28H,8-11,16-27H2,1H3. The van der Waals surface area contributed by atoms with Gasteiger partial charge in [0, 0.05) is 75.2 Å². The van der Waals surface area contributed by atoms with Crippen molar-refractivity contribution in [1.29, 1.82) is 0 Å². The van der Waals surface area contributed by atoms with Gasteiger partial charge in [-0.2, -0.15) is 0 Å². The lowest BCUT2D eigenvalue weighted by atomic mass is 10.2. The zero-order valence-electron chi connectivity index (χ0n) is 24.7. The average molecular weight is 591 g/mol. The molecule has 0 aliphatic carbocycles. The number of nitrogens with zero attached hydrogens (tertiary/aromatic N) is 6. The Labute approximate surface area is 255 Å². The van der Waals surface area contributed by atoms with Crippen molar-refractivity contribution in [1.82, 2.24) is 19.8 Å². The second-order valence-electron chi connectivity index (χ2n) is 11.1. The van der Waals surface area contributed by atoms with E-state index < -0.39 is 0 Å². The maximum absolute atomic E-state index is 4.87. The molecule has 0 atom stereocenters. The van der Waals surface area contributed by atoms with Crippen molar-refractivity contribution in [2.75, 3.05) is 86.8 Å². The fraction of sp³-hybridized carbons (Fsp3) is 0.515. The van der Waals surface area contributed by atoms with Crippen LogP contribution in [0.3, 0.4) is 0 Å². The van der Waals surface area contributed by atoms with Gasteiger partial charge in [-0.3, -0.25) is 9.80 Å². The van der Waals surface area contributed by atoms with Crippen LogP contribution in [-0.2, 0) is 0 Å². The molecule has 2 fully saturated rings. The first kappa shape index (κ1) is 30.2. The van der Waals surface area contributed by atoms with Crippen LogP contribution < -0.4 is 9.80 Å². The summed E-state index contributed by atoms with van der Waals surface area (Å²) < 4.78 is 0. The van der Waals surface area contributed by atoms with E-state index >= 15 is 0 Å². The molecule has 6 nitrogen and oxygen atoms in total. The molecule has 8 heteroatoms. The van der Waals surface area contributed by atoms with Crippen LogP contribution in [0, 0.1) is 6.92 Å². The Bertz CT molecular complexity index is 1060. The Morgan fingerprint density at radius 3 is 1.59 bits per heavy atom. The molecule has 0 radical (unpaired) electrons. The van der Waals surface area contributed by atoms with Gasteiger partial charge in [0.1, 0.15) is 5.03 Å². The number of rotatable bonds is 14. The van der Waals surface area contributed by atoms with E-state index in [-0.39, 0.29) is 0 Å². The monoisotopic (exact) mass is 590 g/mol. The highest BCUT2D eigenvalue weighted by atomic mass is 32.2. The summed E-state index contributed by atoms with van der Waals surface area (Å²) in [7, 11) is 0. The third-order valence-corrected chi connectivity index (χ3v) is 9.95. The van der Waals surface area contributed by atoms with Crippen molar-refractivity contribution in [3.63, 3.8) is 0 Å². The lowest BCUT2D eigenvalue weighted by Gasteiger charge is -2.36. The van der Waals surface area contributed by atoms with E-state index in [1.54, 1.807) is 0 Å². The normalized spacial score (nSPS) is 16.8. The predicted molar refractivity (Wildman–Crippen MR) is 177 cm³/mol. The number of thioether (sulfide) groups is 2. The summed E-state index contributed by atoms with van der Waals surface area (Å²) in [5.74, 6) is 2.22. The summed E-state index contributed by atoms with van der Waals surface area (Å²) in [6.07, 6.45) is 4.94.